The van der Waals surface area contributed by atoms with E-state index in [-0.39, 0.29) is 11.3 Å². The summed E-state index contributed by atoms with van der Waals surface area (Å²) in [7, 11) is 2.88. The van der Waals surface area contributed by atoms with Gasteiger partial charge in [-0.05, 0) is 12.0 Å². The van der Waals surface area contributed by atoms with Gasteiger partial charge in [0, 0.05) is 25.9 Å². The lowest BCUT2D eigenvalue weighted by Gasteiger charge is -2.06. The Morgan fingerprint density at radius 1 is 1.10 bits per heavy atom. The maximum absolute atomic E-state index is 12.4. The maximum atomic E-state index is 12.4. The standard InChI is InChI=1S/C15H16N2O3/c1-4-10-5-7-11(8-6-10)13(18)12-9-16(2)15(20)17(3)14(12)19/h5-9H,4H2,1-3H3. The van der Waals surface area contributed by atoms with Crippen LogP contribution in [-0.2, 0) is 20.5 Å². The molecule has 1 heterocycles. The zero-order chi connectivity index (χ0) is 14.9. The van der Waals surface area contributed by atoms with Gasteiger partial charge in [-0.25, -0.2) is 4.79 Å². The minimum atomic E-state index is -0.572. The van der Waals surface area contributed by atoms with E-state index in [4.69, 9.17) is 0 Å². The van der Waals surface area contributed by atoms with Gasteiger partial charge in [0.2, 0.25) is 0 Å². The van der Waals surface area contributed by atoms with Gasteiger partial charge < -0.3 is 4.57 Å². The van der Waals surface area contributed by atoms with Crippen molar-refractivity contribution in [1.29, 1.82) is 0 Å². The van der Waals surface area contributed by atoms with Crippen LogP contribution in [0.5, 0.6) is 0 Å². The summed E-state index contributed by atoms with van der Waals surface area (Å²) in [5, 5.41) is 0. The molecule has 0 aliphatic heterocycles. The minimum Gasteiger partial charge on any atom is -0.303 e. The van der Waals surface area contributed by atoms with Gasteiger partial charge >= 0.3 is 5.69 Å². The van der Waals surface area contributed by atoms with Gasteiger partial charge in [0.15, 0.2) is 5.78 Å². The van der Waals surface area contributed by atoms with E-state index in [0.29, 0.717) is 5.56 Å². The molecule has 104 valence electrons. The van der Waals surface area contributed by atoms with Crippen molar-refractivity contribution in [2.45, 2.75) is 13.3 Å². The SMILES string of the molecule is CCc1ccc(C(=O)c2cn(C)c(=O)n(C)c2=O)cc1. The molecule has 0 aliphatic carbocycles. The van der Waals surface area contributed by atoms with Crippen LogP contribution in [0.2, 0.25) is 0 Å². The van der Waals surface area contributed by atoms with Crippen molar-refractivity contribution in [3.63, 3.8) is 0 Å². The Morgan fingerprint density at radius 2 is 1.70 bits per heavy atom. The highest BCUT2D eigenvalue weighted by molar-refractivity contribution is 6.08. The number of benzene rings is 1. The van der Waals surface area contributed by atoms with Crippen LogP contribution < -0.4 is 11.2 Å². The Labute approximate surface area is 116 Å². The number of ketones is 1. The molecule has 0 unspecified atom stereocenters. The number of carbonyl (C=O) groups is 1. The molecular weight excluding hydrogens is 256 g/mol. The first-order valence-corrected chi connectivity index (χ1v) is 6.36. The van der Waals surface area contributed by atoms with E-state index in [1.807, 2.05) is 19.1 Å². The van der Waals surface area contributed by atoms with Crippen LogP contribution in [0.25, 0.3) is 0 Å². The second-order valence-corrected chi connectivity index (χ2v) is 4.68. The first-order valence-electron chi connectivity index (χ1n) is 6.36. The summed E-state index contributed by atoms with van der Waals surface area (Å²) < 4.78 is 2.17. The van der Waals surface area contributed by atoms with Gasteiger partial charge in [-0.15, -0.1) is 0 Å². The third kappa shape index (κ3) is 2.34. The van der Waals surface area contributed by atoms with E-state index in [9.17, 15) is 14.4 Å². The summed E-state index contributed by atoms with van der Waals surface area (Å²) in [5.74, 6) is -0.371. The molecule has 5 heteroatoms. The van der Waals surface area contributed by atoms with Crippen molar-refractivity contribution in [2.75, 3.05) is 0 Å². The smallest absolute Gasteiger partial charge is 0.303 e. The molecule has 1 aromatic heterocycles. The van der Waals surface area contributed by atoms with E-state index >= 15 is 0 Å². The molecule has 0 N–H and O–H groups in total. The molecule has 0 amide bonds. The van der Waals surface area contributed by atoms with Gasteiger partial charge in [-0.1, -0.05) is 31.2 Å². The third-order valence-electron chi connectivity index (χ3n) is 3.32. The fourth-order valence-electron chi connectivity index (χ4n) is 2.01. The van der Waals surface area contributed by atoms with E-state index in [1.165, 1.54) is 24.9 Å². The Bertz CT molecular complexity index is 767. The first-order chi connectivity index (χ1) is 9.45. The molecule has 2 aromatic rings. The molecular formula is C15H16N2O3. The van der Waals surface area contributed by atoms with Crippen LogP contribution in [0, 0.1) is 0 Å². The highest BCUT2D eigenvalue weighted by atomic mass is 16.2. The molecule has 5 nitrogen and oxygen atoms in total. The van der Waals surface area contributed by atoms with Crippen LogP contribution in [0.1, 0.15) is 28.4 Å². The largest absolute Gasteiger partial charge is 0.330 e. The number of nitrogens with zero attached hydrogens (tertiary/aromatic N) is 2. The molecule has 0 saturated carbocycles. The molecule has 0 bridgehead atoms. The summed E-state index contributed by atoms with van der Waals surface area (Å²) in [6, 6.07) is 7.12. The number of aromatic nitrogens is 2. The van der Waals surface area contributed by atoms with Gasteiger partial charge in [-0.2, -0.15) is 0 Å². The van der Waals surface area contributed by atoms with Crippen molar-refractivity contribution in [1.82, 2.24) is 9.13 Å². The first kappa shape index (κ1) is 14.0. The van der Waals surface area contributed by atoms with Gasteiger partial charge in [0.25, 0.3) is 5.56 Å². The topological polar surface area (TPSA) is 61.1 Å². The van der Waals surface area contributed by atoms with Crippen molar-refractivity contribution in [3.05, 3.63) is 68.0 Å². The lowest BCUT2D eigenvalue weighted by molar-refractivity contribution is 0.103. The summed E-state index contributed by atoms with van der Waals surface area (Å²) in [6.45, 7) is 2.03. The molecule has 20 heavy (non-hydrogen) atoms. The zero-order valence-electron chi connectivity index (χ0n) is 11.7. The summed E-state index contributed by atoms with van der Waals surface area (Å²) in [5.41, 5.74) is 0.539. The normalized spacial score (nSPS) is 10.6. The second-order valence-electron chi connectivity index (χ2n) is 4.68. The lowest BCUT2D eigenvalue weighted by Crippen LogP contribution is -2.39. The number of hydrogen-bond acceptors (Lipinski definition) is 3. The molecule has 0 aliphatic rings. The summed E-state index contributed by atoms with van der Waals surface area (Å²) in [4.78, 5) is 36.0. The monoisotopic (exact) mass is 272 g/mol. The quantitative estimate of drug-likeness (QED) is 0.779. The molecule has 2 rings (SSSR count). The van der Waals surface area contributed by atoms with Crippen LogP contribution >= 0.6 is 0 Å². The Kier molecular flexibility index (Phi) is 3.70. The second kappa shape index (κ2) is 5.28. The van der Waals surface area contributed by atoms with Crippen LogP contribution in [0.3, 0.4) is 0 Å². The van der Waals surface area contributed by atoms with Gasteiger partial charge in [0.05, 0.1) is 0 Å². The number of aryl methyl sites for hydroxylation is 2. The van der Waals surface area contributed by atoms with Crippen molar-refractivity contribution < 1.29 is 4.79 Å². The zero-order valence-corrected chi connectivity index (χ0v) is 11.7. The van der Waals surface area contributed by atoms with Crippen LogP contribution in [0.15, 0.2) is 40.1 Å². The van der Waals surface area contributed by atoms with Crippen molar-refractivity contribution in [3.8, 4) is 0 Å². The van der Waals surface area contributed by atoms with E-state index in [0.717, 1.165) is 16.6 Å². The number of hydrogen-bond donors (Lipinski definition) is 0. The van der Waals surface area contributed by atoms with Crippen molar-refractivity contribution in [2.24, 2.45) is 14.1 Å². The molecule has 1 aromatic carbocycles. The van der Waals surface area contributed by atoms with E-state index in [2.05, 4.69) is 0 Å². The minimum absolute atomic E-state index is 0.00107. The molecule has 0 fully saturated rings. The molecule has 0 radical (unpaired) electrons. The number of carbonyl (C=O) groups excluding carboxylic acids is 1. The number of rotatable bonds is 3. The van der Waals surface area contributed by atoms with Gasteiger partial charge in [0.1, 0.15) is 5.56 Å². The Hall–Kier alpha value is -2.43. The Morgan fingerprint density at radius 3 is 2.25 bits per heavy atom. The lowest BCUT2D eigenvalue weighted by atomic mass is 10.0. The average molecular weight is 272 g/mol. The average Bonchev–Trinajstić information content (AvgIpc) is 2.48. The highest BCUT2D eigenvalue weighted by Crippen LogP contribution is 2.08. The van der Waals surface area contributed by atoms with Crippen molar-refractivity contribution >= 4 is 5.78 Å². The Balaban J connectivity index is 2.53. The fraction of sp³-hybridized carbons (Fsp3) is 0.267. The molecule has 0 atom stereocenters. The molecule has 0 saturated heterocycles. The van der Waals surface area contributed by atoms with E-state index < -0.39 is 11.2 Å². The maximum Gasteiger partial charge on any atom is 0.330 e. The van der Waals surface area contributed by atoms with Crippen LogP contribution in [-0.4, -0.2) is 14.9 Å². The van der Waals surface area contributed by atoms with Crippen LogP contribution in [0.4, 0.5) is 0 Å². The predicted octanol–water partition coefficient (Wildman–Crippen LogP) is 0.877. The van der Waals surface area contributed by atoms with Gasteiger partial charge in [-0.3, -0.25) is 14.2 Å². The summed E-state index contributed by atoms with van der Waals surface area (Å²) >= 11 is 0. The summed E-state index contributed by atoms with van der Waals surface area (Å²) in [6.07, 6.45) is 2.18. The predicted molar refractivity (Wildman–Crippen MR) is 76.2 cm³/mol. The van der Waals surface area contributed by atoms with E-state index in [1.54, 1.807) is 12.1 Å². The third-order valence-corrected chi connectivity index (χ3v) is 3.32. The highest BCUT2D eigenvalue weighted by Gasteiger charge is 2.16. The fourth-order valence-corrected chi connectivity index (χ4v) is 2.01. The molecule has 0 spiro atoms.